The van der Waals surface area contributed by atoms with Gasteiger partial charge < -0.3 is 19.8 Å². The number of aliphatic hydroxyl groups excluding tert-OH is 3. The first kappa shape index (κ1) is 52.6. The summed E-state index contributed by atoms with van der Waals surface area (Å²) < 4.78 is 5.81. The average molecular weight is 990 g/mol. The van der Waals surface area contributed by atoms with Crippen LogP contribution in [0.4, 0.5) is 0 Å². The molecule has 0 spiro atoms. The van der Waals surface area contributed by atoms with Gasteiger partial charge in [0.1, 0.15) is 5.76 Å². The van der Waals surface area contributed by atoms with Gasteiger partial charge in [0.2, 0.25) is 0 Å². The molecule has 7 fully saturated rings. The largest absolute Gasteiger partial charge is 0.515 e. The van der Waals surface area contributed by atoms with Crippen LogP contribution in [-0.2, 0) is 26.2 Å². The second-order valence-electron chi connectivity index (χ2n) is 31.0. The van der Waals surface area contributed by atoms with Gasteiger partial charge >= 0.3 is 0 Å². The fourth-order valence-electron chi connectivity index (χ4n) is 21.8. The number of fused-ring (bicyclic) bond motifs is 15. The number of carbonyl (C=O) groups is 3. The van der Waals surface area contributed by atoms with Crippen LogP contribution in [0.2, 0.25) is 0 Å². The Hall–Kier alpha value is -2.84. The van der Waals surface area contributed by atoms with E-state index in [9.17, 15) is 29.7 Å². The lowest BCUT2D eigenvalue weighted by Crippen LogP contribution is -2.65. The highest BCUT2D eigenvalue weighted by atomic mass is 16.5. The van der Waals surface area contributed by atoms with Gasteiger partial charge in [0.15, 0.2) is 17.3 Å². The van der Waals surface area contributed by atoms with Gasteiger partial charge in [0.25, 0.3) is 0 Å². The molecule has 0 amide bonds. The molecule has 0 bridgehead atoms. The number of allylic oxidation sites excluding steroid dienone is 5. The van der Waals surface area contributed by atoms with Crippen molar-refractivity contribution in [2.24, 2.45) is 95.1 Å². The van der Waals surface area contributed by atoms with Gasteiger partial charge in [-0.1, -0.05) is 113 Å². The Morgan fingerprint density at radius 2 is 1.01 bits per heavy atom. The van der Waals surface area contributed by atoms with Crippen molar-refractivity contribution in [2.45, 2.75) is 218 Å². The van der Waals surface area contributed by atoms with Crippen molar-refractivity contribution in [2.75, 3.05) is 13.2 Å². The third kappa shape index (κ3) is 6.85. The second-order valence-corrected chi connectivity index (χ2v) is 31.0. The van der Waals surface area contributed by atoms with E-state index in [-0.39, 0.29) is 102 Å². The molecule has 0 unspecified atom stereocenters. The maximum atomic E-state index is 14.4. The first-order valence-corrected chi connectivity index (χ1v) is 28.9. The Morgan fingerprint density at radius 3 is 1.46 bits per heavy atom. The molecule has 1 aromatic heterocycles. The zero-order chi connectivity index (χ0) is 52.5. The highest BCUT2D eigenvalue weighted by Crippen LogP contribution is 2.77. The predicted molar refractivity (Wildman–Crippen MR) is 284 cm³/mol. The summed E-state index contributed by atoms with van der Waals surface area (Å²) in [6, 6.07) is 0. The fourth-order valence-corrected chi connectivity index (χ4v) is 21.8. The van der Waals surface area contributed by atoms with Gasteiger partial charge in [-0.25, -0.2) is 0 Å². The van der Waals surface area contributed by atoms with E-state index in [0.717, 1.165) is 108 Å². The van der Waals surface area contributed by atoms with Crippen molar-refractivity contribution >= 4 is 17.3 Å². The Morgan fingerprint density at radius 1 is 0.583 bits per heavy atom. The predicted octanol–water partition coefficient (Wildman–Crippen LogP) is 14.0. The van der Waals surface area contributed by atoms with Crippen LogP contribution in [0, 0.1) is 95.1 Å². The smallest absolute Gasteiger partial charge is 0.167 e. The van der Waals surface area contributed by atoms with E-state index in [4.69, 9.17) is 4.52 Å². The van der Waals surface area contributed by atoms with Gasteiger partial charge in [0, 0.05) is 47.0 Å². The normalized spacial score (nSPS) is 47.4. The van der Waals surface area contributed by atoms with E-state index in [1.165, 1.54) is 29.6 Å². The molecular weight excluding hydrogens is 895 g/mol. The Labute approximate surface area is 433 Å². The summed E-state index contributed by atoms with van der Waals surface area (Å²) >= 11 is 0. The fraction of sp³-hybridized carbons (Fsp3) is 0.812. The topological polar surface area (TPSA) is 138 Å². The lowest BCUT2D eigenvalue weighted by atomic mass is 9.33. The molecule has 0 radical (unpaired) electrons. The maximum absolute atomic E-state index is 14.4. The molecule has 0 aromatic carbocycles. The first-order chi connectivity index (χ1) is 33.4. The van der Waals surface area contributed by atoms with Gasteiger partial charge in [0.05, 0.1) is 12.5 Å². The van der Waals surface area contributed by atoms with E-state index in [2.05, 4.69) is 94.3 Å². The number of ketones is 3. The van der Waals surface area contributed by atoms with Gasteiger partial charge in [-0.05, 0) is 206 Å². The highest BCUT2D eigenvalue weighted by Gasteiger charge is 2.72. The number of carbonyl (C=O) groups excluding carboxylic acids is 3. The molecule has 72 heavy (non-hydrogen) atoms. The first-order valence-electron chi connectivity index (χ1n) is 28.9. The van der Waals surface area contributed by atoms with Crippen LogP contribution < -0.4 is 0 Å². The van der Waals surface area contributed by atoms with Crippen molar-refractivity contribution in [1.82, 2.24) is 5.16 Å². The number of nitrogens with zero attached hydrogens (tertiary/aromatic N) is 1. The number of hydrogen-bond donors (Lipinski definition) is 3. The van der Waals surface area contributed by atoms with Gasteiger partial charge in [-0.3, -0.25) is 14.4 Å². The average Bonchev–Trinajstić information content (AvgIpc) is 3.77. The highest BCUT2D eigenvalue weighted by molar-refractivity contribution is 6.01. The lowest BCUT2D eigenvalue weighted by molar-refractivity contribution is -0.176. The summed E-state index contributed by atoms with van der Waals surface area (Å²) in [4.78, 5) is 42.1. The third-order valence-corrected chi connectivity index (χ3v) is 26.0. The maximum Gasteiger partial charge on any atom is 0.167 e. The molecule has 10 aliphatic rings. The van der Waals surface area contributed by atoms with E-state index in [1.54, 1.807) is 0 Å². The molecule has 14 atom stereocenters. The van der Waals surface area contributed by atoms with Crippen LogP contribution in [0.3, 0.4) is 0 Å². The van der Waals surface area contributed by atoms with E-state index in [1.807, 2.05) is 26.1 Å². The lowest BCUT2D eigenvalue weighted by Gasteiger charge is -2.70. The van der Waals surface area contributed by atoms with E-state index >= 15 is 0 Å². The minimum atomic E-state index is -0.569. The molecule has 7 saturated carbocycles. The SMILES string of the molecule is CC1(C)CC[C@]2(CCO)CC[C@]3(C)[C@H](C(=O)C=C4[C@@]5(C)C/C(=C/O)C(=O)C(C)(C)[C@@H]5CC[C@]43C)[C@@H]2C1.CC1(C)CC[C@]2(CCO)CC[C@]3(C)[C@H](C(=O)C=C4[C@@]5(C)Cc6cnoc6C(C)(C)[C@@H]5CC[C@]43C)[C@@H]2C1. The number of aliphatic hydroxyl groups is 3. The summed E-state index contributed by atoms with van der Waals surface area (Å²) in [6.07, 6.45) is 25.6. The van der Waals surface area contributed by atoms with Crippen LogP contribution in [0.25, 0.3) is 0 Å². The summed E-state index contributed by atoms with van der Waals surface area (Å²) in [5.74, 6) is 3.07. The van der Waals surface area contributed by atoms with Crippen molar-refractivity contribution in [3.8, 4) is 0 Å². The molecular formula is C64H95NO7. The summed E-state index contributed by atoms with van der Waals surface area (Å²) in [5.41, 5.74) is 3.68. The van der Waals surface area contributed by atoms with E-state index < -0.39 is 5.41 Å². The molecule has 1 heterocycles. The standard InChI is InChI=1S/C32H47NO3.C32H48O4/c1-27(2)10-12-32(14-15-34)13-11-31(7)25(21(32)18-27)22(35)16-24-29(5)17-20-19-33-36-26(20)28(3,4)23(29)8-9-30(24,31)6;1-27(2)10-12-32(14-15-33)13-11-31(7)25(21(32)18-27)22(35)16-24-29(5)17-20(19-34)26(36)28(3,4)23(29)8-9-30(24,31)6/h16,19,21,23,25,34H,8-15,17-18H2,1-7H3;16,19,21,23,25,33-34H,8-15,17-18H2,1-7H3/b;20-19-/t2*21-,23-,25-,29-,30+,31+,32+/m00/s1. The number of Topliss-reactive ketones (excluding diaryl/α,β-unsaturated/α-hetero) is 1. The second kappa shape index (κ2) is 16.3. The van der Waals surface area contributed by atoms with Crippen LogP contribution in [0.5, 0.6) is 0 Å². The molecule has 8 heteroatoms. The van der Waals surface area contributed by atoms with Gasteiger partial charge in [-0.2, -0.15) is 0 Å². The Balaban J connectivity index is 0.000000166. The molecule has 3 N–H and O–H groups in total. The van der Waals surface area contributed by atoms with E-state index in [0.29, 0.717) is 35.5 Å². The quantitative estimate of drug-likeness (QED) is 0.200. The zero-order valence-electron chi connectivity index (χ0n) is 47.3. The van der Waals surface area contributed by atoms with Crippen LogP contribution in [-0.4, -0.2) is 51.0 Å². The third-order valence-electron chi connectivity index (χ3n) is 26.0. The zero-order valence-corrected chi connectivity index (χ0v) is 47.3. The number of aromatic nitrogens is 1. The van der Waals surface area contributed by atoms with Crippen molar-refractivity contribution in [3.05, 3.63) is 52.7 Å². The van der Waals surface area contributed by atoms with Crippen LogP contribution in [0.15, 0.2) is 45.9 Å². The Bertz CT molecular complexity index is 2520. The molecule has 10 aliphatic carbocycles. The molecule has 1 aromatic rings. The molecule has 0 saturated heterocycles. The van der Waals surface area contributed by atoms with Crippen molar-refractivity contribution in [3.63, 3.8) is 0 Å². The number of hydrogen-bond acceptors (Lipinski definition) is 8. The van der Waals surface area contributed by atoms with Crippen LogP contribution >= 0.6 is 0 Å². The summed E-state index contributed by atoms with van der Waals surface area (Å²) in [6.45, 7) is 33.2. The summed E-state index contributed by atoms with van der Waals surface area (Å²) in [5, 5.41) is 34.4. The molecule has 11 rings (SSSR count). The minimum absolute atomic E-state index is 0.00847. The molecule has 0 aliphatic heterocycles. The monoisotopic (exact) mass is 990 g/mol. The molecule has 8 nitrogen and oxygen atoms in total. The van der Waals surface area contributed by atoms with Gasteiger partial charge in [-0.15, -0.1) is 0 Å². The number of rotatable bonds is 4. The molecule has 398 valence electrons. The van der Waals surface area contributed by atoms with Crippen molar-refractivity contribution < 1.29 is 34.2 Å². The Kier molecular flexibility index (Phi) is 11.9. The summed E-state index contributed by atoms with van der Waals surface area (Å²) in [7, 11) is 0. The van der Waals surface area contributed by atoms with Crippen molar-refractivity contribution in [1.29, 1.82) is 0 Å². The van der Waals surface area contributed by atoms with Crippen LogP contribution in [0.1, 0.15) is 217 Å². The minimum Gasteiger partial charge on any atom is -0.515 e.